The van der Waals surface area contributed by atoms with E-state index in [2.05, 4.69) is 10.1 Å². The minimum Gasteiger partial charge on any atom is -0.485 e. The summed E-state index contributed by atoms with van der Waals surface area (Å²) < 4.78 is 7.67. The van der Waals surface area contributed by atoms with Gasteiger partial charge in [-0.25, -0.2) is 4.98 Å². The number of carbonyl (C=O) groups excluding carboxylic acids is 1. The molecule has 7 nitrogen and oxygen atoms in total. The molecule has 3 heterocycles. The zero-order valence-corrected chi connectivity index (χ0v) is 13.6. The molecule has 0 aliphatic carbocycles. The second-order valence-corrected chi connectivity index (χ2v) is 5.84. The summed E-state index contributed by atoms with van der Waals surface area (Å²) in [7, 11) is 5.64. The Morgan fingerprint density at radius 3 is 2.87 bits per heavy atom. The Balaban J connectivity index is 1.67. The van der Waals surface area contributed by atoms with Crippen molar-refractivity contribution in [3.8, 4) is 5.75 Å². The maximum absolute atomic E-state index is 12.5. The highest BCUT2D eigenvalue weighted by molar-refractivity contribution is 5.92. The third-order valence-electron chi connectivity index (χ3n) is 3.94. The Labute approximate surface area is 135 Å². The SMILES string of the molecule is CN(C)c1ncccc1OC1CCN(C(=O)c2ccnn2C)C1. The van der Waals surface area contributed by atoms with E-state index in [9.17, 15) is 4.79 Å². The van der Waals surface area contributed by atoms with Crippen LogP contribution in [0, 0.1) is 0 Å². The molecule has 23 heavy (non-hydrogen) atoms. The van der Waals surface area contributed by atoms with E-state index in [1.165, 1.54) is 0 Å². The van der Waals surface area contributed by atoms with Crippen molar-refractivity contribution in [3.63, 3.8) is 0 Å². The molecule has 0 spiro atoms. The Hall–Kier alpha value is -2.57. The van der Waals surface area contributed by atoms with E-state index >= 15 is 0 Å². The summed E-state index contributed by atoms with van der Waals surface area (Å²) in [6, 6.07) is 5.51. The fraction of sp³-hybridized carbons (Fsp3) is 0.438. The standard InChI is InChI=1S/C16H21N5O2/c1-19(2)15-14(5-4-8-17-15)23-12-7-10-21(11-12)16(22)13-6-9-18-20(13)3/h4-6,8-9,12H,7,10-11H2,1-3H3. The van der Waals surface area contributed by atoms with E-state index < -0.39 is 0 Å². The normalized spacial score (nSPS) is 17.3. The smallest absolute Gasteiger partial charge is 0.272 e. The quantitative estimate of drug-likeness (QED) is 0.847. The maximum Gasteiger partial charge on any atom is 0.272 e. The first-order valence-corrected chi connectivity index (χ1v) is 7.62. The maximum atomic E-state index is 12.5. The van der Waals surface area contributed by atoms with Crippen molar-refractivity contribution < 1.29 is 9.53 Å². The molecule has 1 aliphatic heterocycles. The molecule has 1 amide bonds. The summed E-state index contributed by atoms with van der Waals surface area (Å²) >= 11 is 0. The molecule has 0 aromatic carbocycles. The van der Waals surface area contributed by atoms with Gasteiger partial charge in [0, 0.05) is 46.5 Å². The van der Waals surface area contributed by atoms with Crippen molar-refractivity contribution in [1.29, 1.82) is 0 Å². The lowest BCUT2D eigenvalue weighted by Crippen LogP contribution is -2.32. The van der Waals surface area contributed by atoms with Gasteiger partial charge in [0.15, 0.2) is 11.6 Å². The Bertz CT molecular complexity index is 697. The van der Waals surface area contributed by atoms with Gasteiger partial charge in [-0.3, -0.25) is 9.48 Å². The third kappa shape index (κ3) is 3.13. The highest BCUT2D eigenvalue weighted by Gasteiger charge is 2.30. The van der Waals surface area contributed by atoms with Gasteiger partial charge in [-0.15, -0.1) is 0 Å². The lowest BCUT2D eigenvalue weighted by molar-refractivity contribution is 0.0761. The van der Waals surface area contributed by atoms with Gasteiger partial charge in [0.05, 0.1) is 6.54 Å². The average molecular weight is 315 g/mol. The molecule has 7 heteroatoms. The third-order valence-corrected chi connectivity index (χ3v) is 3.94. The van der Waals surface area contributed by atoms with E-state index in [1.54, 1.807) is 30.2 Å². The second-order valence-electron chi connectivity index (χ2n) is 5.84. The van der Waals surface area contributed by atoms with Gasteiger partial charge in [-0.05, 0) is 18.2 Å². The number of pyridine rings is 1. The van der Waals surface area contributed by atoms with E-state index in [-0.39, 0.29) is 12.0 Å². The summed E-state index contributed by atoms with van der Waals surface area (Å²) in [5, 5.41) is 4.05. The van der Waals surface area contributed by atoms with Gasteiger partial charge in [-0.2, -0.15) is 5.10 Å². The van der Waals surface area contributed by atoms with Crippen molar-refractivity contribution in [2.45, 2.75) is 12.5 Å². The topological polar surface area (TPSA) is 63.5 Å². The Kier molecular flexibility index (Phi) is 4.18. The molecule has 0 N–H and O–H groups in total. The van der Waals surface area contributed by atoms with Gasteiger partial charge >= 0.3 is 0 Å². The Morgan fingerprint density at radius 2 is 2.17 bits per heavy atom. The predicted molar refractivity (Wildman–Crippen MR) is 86.7 cm³/mol. The molecular formula is C16H21N5O2. The number of aryl methyl sites for hydroxylation is 1. The van der Waals surface area contributed by atoms with Crippen LogP contribution >= 0.6 is 0 Å². The number of nitrogens with zero attached hydrogens (tertiary/aromatic N) is 5. The van der Waals surface area contributed by atoms with Crippen LogP contribution in [0.15, 0.2) is 30.6 Å². The highest BCUT2D eigenvalue weighted by Crippen LogP contribution is 2.27. The highest BCUT2D eigenvalue weighted by atomic mass is 16.5. The van der Waals surface area contributed by atoms with Crippen LogP contribution in [-0.4, -0.2) is 58.9 Å². The van der Waals surface area contributed by atoms with Gasteiger partial charge < -0.3 is 14.5 Å². The van der Waals surface area contributed by atoms with Crippen LogP contribution in [-0.2, 0) is 7.05 Å². The molecule has 1 atom stereocenters. The number of likely N-dealkylation sites (tertiary alicyclic amines) is 1. The van der Waals surface area contributed by atoms with E-state index in [0.29, 0.717) is 18.8 Å². The molecule has 0 bridgehead atoms. The fourth-order valence-corrected chi connectivity index (χ4v) is 2.74. The summed E-state index contributed by atoms with van der Waals surface area (Å²) in [6.07, 6.45) is 4.17. The molecule has 3 rings (SSSR count). The molecular weight excluding hydrogens is 294 g/mol. The predicted octanol–water partition coefficient (Wildman–Crippen LogP) is 1.17. The number of anilines is 1. The molecule has 2 aromatic heterocycles. The molecule has 0 radical (unpaired) electrons. The Morgan fingerprint density at radius 1 is 1.35 bits per heavy atom. The molecule has 1 unspecified atom stereocenters. The largest absolute Gasteiger partial charge is 0.485 e. The van der Waals surface area contributed by atoms with Gasteiger partial charge in [0.2, 0.25) is 0 Å². The van der Waals surface area contributed by atoms with E-state index in [4.69, 9.17) is 4.74 Å². The average Bonchev–Trinajstić information content (AvgIpc) is 3.16. The monoisotopic (exact) mass is 315 g/mol. The minimum atomic E-state index is -0.0184. The molecule has 122 valence electrons. The number of amides is 1. The summed E-state index contributed by atoms with van der Waals surface area (Å²) in [5.74, 6) is 1.54. The van der Waals surface area contributed by atoms with Crippen LogP contribution < -0.4 is 9.64 Å². The summed E-state index contributed by atoms with van der Waals surface area (Å²) in [6.45, 7) is 1.26. The summed E-state index contributed by atoms with van der Waals surface area (Å²) in [5.41, 5.74) is 0.598. The lowest BCUT2D eigenvalue weighted by atomic mass is 10.3. The molecule has 1 saturated heterocycles. The van der Waals surface area contributed by atoms with Crippen molar-refractivity contribution >= 4 is 11.7 Å². The molecule has 1 aliphatic rings. The van der Waals surface area contributed by atoms with E-state index in [1.807, 2.05) is 36.0 Å². The number of hydrogen-bond acceptors (Lipinski definition) is 5. The number of carbonyl (C=O) groups is 1. The number of aromatic nitrogens is 3. The lowest BCUT2D eigenvalue weighted by Gasteiger charge is -2.20. The summed E-state index contributed by atoms with van der Waals surface area (Å²) in [4.78, 5) is 20.6. The van der Waals surface area contributed by atoms with Crippen molar-refractivity contribution in [2.75, 3.05) is 32.1 Å². The fourth-order valence-electron chi connectivity index (χ4n) is 2.74. The van der Waals surface area contributed by atoms with Crippen LogP contribution in [0.1, 0.15) is 16.9 Å². The zero-order chi connectivity index (χ0) is 16.4. The molecule has 0 saturated carbocycles. The zero-order valence-electron chi connectivity index (χ0n) is 13.6. The van der Waals surface area contributed by atoms with Gasteiger partial charge in [-0.1, -0.05) is 0 Å². The minimum absolute atomic E-state index is 0.00452. The molecule has 1 fully saturated rings. The van der Waals surface area contributed by atoms with Crippen molar-refractivity contribution in [2.24, 2.45) is 7.05 Å². The second kappa shape index (κ2) is 6.28. The van der Waals surface area contributed by atoms with Crippen LogP contribution in [0.25, 0.3) is 0 Å². The van der Waals surface area contributed by atoms with Gasteiger partial charge in [0.25, 0.3) is 5.91 Å². The van der Waals surface area contributed by atoms with Crippen molar-refractivity contribution in [1.82, 2.24) is 19.7 Å². The van der Waals surface area contributed by atoms with Crippen LogP contribution in [0.4, 0.5) is 5.82 Å². The van der Waals surface area contributed by atoms with Crippen molar-refractivity contribution in [3.05, 3.63) is 36.3 Å². The number of ether oxygens (including phenoxy) is 1. The first kappa shape index (κ1) is 15.3. The van der Waals surface area contributed by atoms with Crippen LogP contribution in [0.5, 0.6) is 5.75 Å². The van der Waals surface area contributed by atoms with E-state index in [0.717, 1.165) is 18.0 Å². The first-order valence-electron chi connectivity index (χ1n) is 7.62. The number of hydrogen-bond donors (Lipinski definition) is 0. The molecule has 2 aromatic rings. The first-order chi connectivity index (χ1) is 11.1. The number of rotatable bonds is 4. The van der Waals surface area contributed by atoms with Crippen LogP contribution in [0.3, 0.4) is 0 Å². The van der Waals surface area contributed by atoms with Gasteiger partial charge in [0.1, 0.15) is 11.8 Å². The van der Waals surface area contributed by atoms with Crippen LogP contribution in [0.2, 0.25) is 0 Å².